The number of aromatic nitrogens is 2. The average molecular weight is 274 g/mol. The van der Waals surface area contributed by atoms with E-state index in [-0.39, 0.29) is 5.56 Å². The zero-order chi connectivity index (χ0) is 10.3. The highest BCUT2D eigenvalue weighted by molar-refractivity contribution is 9.10. The first-order valence-corrected chi connectivity index (χ1v) is 5.10. The number of aromatic amines is 1. The van der Waals surface area contributed by atoms with Crippen LogP contribution in [0.4, 0.5) is 0 Å². The standard InChI is InChI=1S/C9H6BrClN2O/c1-4-2-6(11)5-3-12-9(14)7(10)8(5)13-4/h2-3H,1H3,(H,12,14). The molecule has 2 aromatic rings. The molecular weight excluding hydrogens is 267 g/mol. The highest BCUT2D eigenvalue weighted by Crippen LogP contribution is 2.25. The Bertz CT molecular complexity index is 564. The highest BCUT2D eigenvalue weighted by atomic mass is 79.9. The molecule has 14 heavy (non-hydrogen) atoms. The van der Waals surface area contributed by atoms with Gasteiger partial charge in [0.05, 0.1) is 10.5 Å². The van der Waals surface area contributed by atoms with Crippen LogP contribution in [0.3, 0.4) is 0 Å². The summed E-state index contributed by atoms with van der Waals surface area (Å²) in [4.78, 5) is 18.1. The van der Waals surface area contributed by atoms with Crippen LogP contribution in [0.25, 0.3) is 10.9 Å². The lowest BCUT2D eigenvalue weighted by atomic mass is 10.2. The lowest BCUT2D eigenvalue weighted by Gasteiger charge is -2.02. The van der Waals surface area contributed by atoms with E-state index in [1.165, 1.54) is 0 Å². The van der Waals surface area contributed by atoms with Gasteiger partial charge in [-0.3, -0.25) is 9.78 Å². The summed E-state index contributed by atoms with van der Waals surface area (Å²) in [6, 6.07) is 1.76. The van der Waals surface area contributed by atoms with Crippen molar-refractivity contribution in [2.45, 2.75) is 6.92 Å². The zero-order valence-corrected chi connectivity index (χ0v) is 9.61. The van der Waals surface area contributed by atoms with Crippen molar-refractivity contribution in [3.05, 3.63) is 37.8 Å². The molecule has 0 radical (unpaired) electrons. The Morgan fingerprint density at radius 2 is 2.29 bits per heavy atom. The molecule has 0 aliphatic carbocycles. The SMILES string of the molecule is Cc1cc(Cl)c2c[nH]c(=O)c(Br)c2n1. The molecule has 0 aliphatic heterocycles. The largest absolute Gasteiger partial charge is 0.327 e. The fourth-order valence-corrected chi connectivity index (χ4v) is 1.98. The Hall–Kier alpha value is -0.870. The summed E-state index contributed by atoms with van der Waals surface area (Å²) in [7, 11) is 0. The number of nitrogens with one attached hydrogen (secondary N) is 1. The summed E-state index contributed by atoms with van der Waals surface area (Å²) < 4.78 is 0.417. The molecule has 0 bridgehead atoms. The minimum atomic E-state index is -0.202. The van der Waals surface area contributed by atoms with Gasteiger partial charge < -0.3 is 4.98 Å². The minimum Gasteiger partial charge on any atom is -0.327 e. The van der Waals surface area contributed by atoms with E-state index in [1.807, 2.05) is 6.92 Å². The maximum Gasteiger partial charge on any atom is 0.264 e. The Morgan fingerprint density at radius 1 is 1.57 bits per heavy atom. The van der Waals surface area contributed by atoms with Gasteiger partial charge in [-0.15, -0.1) is 0 Å². The molecule has 0 saturated carbocycles. The average Bonchev–Trinajstić information content (AvgIpc) is 2.12. The zero-order valence-electron chi connectivity index (χ0n) is 7.27. The summed E-state index contributed by atoms with van der Waals surface area (Å²) in [5.41, 5.74) is 1.18. The van der Waals surface area contributed by atoms with E-state index in [2.05, 4.69) is 25.9 Å². The van der Waals surface area contributed by atoms with E-state index < -0.39 is 0 Å². The maximum absolute atomic E-state index is 11.3. The van der Waals surface area contributed by atoms with Crippen LogP contribution in [-0.2, 0) is 0 Å². The van der Waals surface area contributed by atoms with E-state index >= 15 is 0 Å². The molecule has 5 heteroatoms. The van der Waals surface area contributed by atoms with Crippen LogP contribution in [0, 0.1) is 6.92 Å². The molecule has 0 spiro atoms. The van der Waals surface area contributed by atoms with E-state index in [0.717, 1.165) is 11.1 Å². The second kappa shape index (κ2) is 3.37. The van der Waals surface area contributed by atoms with Gasteiger partial charge in [0, 0.05) is 17.3 Å². The Balaban J connectivity index is 3.02. The van der Waals surface area contributed by atoms with E-state index in [4.69, 9.17) is 11.6 Å². The van der Waals surface area contributed by atoms with Gasteiger partial charge in [-0.05, 0) is 28.9 Å². The van der Waals surface area contributed by atoms with Crippen molar-refractivity contribution in [2.75, 3.05) is 0 Å². The summed E-state index contributed by atoms with van der Waals surface area (Å²) in [5.74, 6) is 0. The van der Waals surface area contributed by atoms with E-state index in [0.29, 0.717) is 15.0 Å². The second-order valence-corrected chi connectivity index (χ2v) is 4.14. The van der Waals surface area contributed by atoms with Crippen molar-refractivity contribution in [3.63, 3.8) is 0 Å². The van der Waals surface area contributed by atoms with Crippen LogP contribution in [-0.4, -0.2) is 9.97 Å². The predicted molar refractivity (Wildman–Crippen MR) is 59.8 cm³/mol. The van der Waals surface area contributed by atoms with Gasteiger partial charge in [-0.2, -0.15) is 0 Å². The molecule has 0 atom stereocenters. The van der Waals surface area contributed by atoms with Crippen molar-refractivity contribution < 1.29 is 0 Å². The normalized spacial score (nSPS) is 10.8. The molecule has 0 saturated heterocycles. The first-order valence-electron chi connectivity index (χ1n) is 3.93. The number of aryl methyl sites for hydroxylation is 1. The molecule has 0 amide bonds. The van der Waals surface area contributed by atoms with Crippen LogP contribution in [0.1, 0.15) is 5.69 Å². The lowest BCUT2D eigenvalue weighted by Crippen LogP contribution is -2.06. The van der Waals surface area contributed by atoms with E-state index in [1.54, 1.807) is 12.3 Å². The van der Waals surface area contributed by atoms with Crippen LogP contribution >= 0.6 is 27.5 Å². The number of H-pyrrole nitrogens is 1. The predicted octanol–water partition coefficient (Wildman–Crippen LogP) is 2.65. The maximum atomic E-state index is 11.3. The molecule has 3 nitrogen and oxygen atoms in total. The van der Waals surface area contributed by atoms with Gasteiger partial charge in [0.1, 0.15) is 4.47 Å². The minimum absolute atomic E-state index is 0.202. The van der Waals surface area contributed by atoms with Crippen LogP contribution in [0.5, 0.6) is 0 Å². The number of hydrogen-bond donors (Lipinski definition) is 1. The lowest BCUT2D eigenvalue weighted by molar-refractivity contribution is 1.19. The Labute approximate surface area is 93.2 Å². The van der Waals surface area contributed by atoms with Gasteiger partial charge >= 0.3 is 0 Å². The van der Waals surface area contributed by atoms with Gasteiger partial charge in [0.15, 0.2) is 0 Å². The smallest absolute Gasteiger partial charge is 0.264 e. The molecule has 0 fully saturated rings. The van der Waals surface area contributed by atoms with Crippen molar-refractivity contribution in [1.82, 2.24) is 9.97 Å². The summed E-state index contributed by atoms with van der Waals surface area (Å²) >= 11 is 9.19. The third-order valence-electron chi connectivity index (χ3n) is 1.89. The van der Waals surface area contributed by atoms with E-state index in [9.17, 15) is 4.79 Å². The van der Waals surface area contributed by atoms with Crippen LogP contribution < -0.4 is 5.56 Å². The molecule has 2 heterocycles. The number of fused-ring (bicyclic) bond motifs is 1. The number of pyridine rings is 2. The second-order valence-electron chi connectivity index (χ2n) is 2.94. The Kier molecular flexibility index (Phi) is 2.33. The molecular formula is C9H6BrClN2O. The summed E-state index contributed by atoms with van der Waals surface area (Å²) in [6.45, 7) is 1.83. The van der Waals surface area contributed by atoms with Crippen molar-refractivity contribution in [2.24, 2.45) is 0 Å². The van der Waals surface area contributed by atoms with Crippen molar-refractivity contribution in [1.29, 1.82) is 0 Å². The molecule has 0 aliphatic rings. The summed E-state index contributed by atoms with van der Waals surface area (Å²) in [6.07, 6.45) is 1.57. The fourth-order valence-electron chi connectivity index (χ4n) is 1.26. The third kappa shape index (κ3) is 1.44. The molecule has 0 aromatic carbocycles. The highest BCUT2D eigenvalue weighted by Gasteiger charge is 2.07. The quantitative estimate of drug-likeness (QED) is 0.802. The topological polar surface area (TPSA) is 45.8 Å². The third-order valence-corrected chi connectivity index (χ3v) is 2.94. The number of rotatable bonds is 0. The number of nitrogens with zero attached hydrogens (tertiary/aromatic N) is 1. The van der Waals surface area contributed by atoms with Crippen molar-refractivity contribution >= 4 is 38.4 Å². The Morgan fingerprint density at radius 3 is 3.00 bits per heavy atom. The molecule has 0 unspecified atom stereocenters. The first kappa shape index (κ1) is 9.68. The first-order chi connectivity index (χ1) is 6.59. The van der Waals surface area contributed by atoms with Gasteiger partial charge in [-0.25, -0.2) is 0 Å². The van der Waals surface area contributed by atoms with Gasteiger partial charge in [-0.1, -0.05) is 11.6 Å². The van der Waals surface area contributed by atoms with Crippen LogP contribution in [0.15, 0.2) is 21.5 Å². The fraction of sp³-hybridized carbons (Fsp3) is 0.111. The van der Waals surface area contributed by atoms with Gasteiger partial charge in [0.2, 0.25) is 0 Å². The monoisotopic (exact) mass is 272 g/mol. The summed E-state index contributed by atoms with van der Waals surface area (Å²) in [5, 5.41) is 1.33. The number of hydrogen-bond acceptors (Lipinski definition) is 2. The van der Waals surface area contributed by atoms with Gasteiger partial charge in [0.25, 0.3) is 5.56 Å². The molecule has 1 N–H and O–H groups in total. The molecule has 72 valence electrons. The molecule has 2 rings (SSSR count). The van der Waals surface area contributed by atoms with Crippen molar-refractivity contribution in [3.8, 4) is 0 Å². The number of halogens is 2. The molecule has 2 aromatic heterocycles. The van der Waals surface area contributed by atoms with Crippen LogP contribution in [0.2, 0.25) is 5.02 Å².